The maximum absolute atomic E-state index is 12.6. The molecule has 0 spiro atoms. The zero-order valence-corrected chi connectivity index (χ0v) is 18.9. The van der Waals surface area contributed by atoms with Crippen molar-refractivity contribution >= 4 is 6.09 Å². The standard InChI is InChI=1S/C24H25N7O2/c1-15(2)23-28-29-30-31(23)20-11-19(18-7-5-16(3)6-8-18)12-21(13-20)33-24(32)27-17(4)22-14-25-9-10-26-22/h5-15,17H,1-4H3,(H,27,32). The Bertz CT molecular complexity index is 1240. The zero-order chi connectivity index (χ0) is 23.4. The number of carbonyl (C=O) groups is 1. The zero-order valence-electron chi connectivity index (χ0n) is 18.9. The first-order valence-electron chi connectivity index (χ1n) is 10.7. The summed E-state index contributed by atoms with van der Waals surface area (Å²) < 4.78 is 7.31. The number of amides is 1. The lowest BCUT2D eigenvalue weighted by atomic mass is 10.0. The first-order valence-corrected chi connectivity index (χ1v) is 10.7. The van der Waals surface area contributed by atoms with Crippen molar-refractivity contribution in [3.8, 4) is 22.6 Å². The van der Waals surface area contributed by atoms with Crippen molar-refractivity contribution < 1.29 is 9.53 Å². The highest BCUT2D eigenvalue weighted by Gasteiger charge is 2.17. The predicted octanol–water partition coefficient (Wildman–Crippen LogP) is 4.40. The van der Waals surface area contributed by atoms with Crippen molar-refractivity contribution in [2.45, 2.75) is 39.7 Å². The minimum Gasteiger partial charge on any atom is -0.410 e. The van der Waals surface area contributed by atoms with E-state index in [9.17, 15) is 4.79 Å². The minimum absolute atomic E-state index is 0.114. The molecule has 9 nitrogen and oxygen atoms in total. The SMILES string of the molecule is Cc1ccc(-c2cc(OC(=O)NC(C)c3cnccn3)cc(-n3nnnc3C(C)C)c2)cc1. The molecule has 0 aliphatic carbocycles. The summed E-state index contributed by atoms with van der Waals surface area (Å²) in [6.45, 7) is 7.89. The summed E-state index contributed by atoms with van der Waals surface area (Å²) in [5, 5.41) is 14.9. The second-order valence-electron chi connectivity index (χ2n) is 8.07. The van der Waals surface area contributed by atoms with Crippen molar-refractivity contribution in [2.75, 3.05) is 0 Å². The molecule has 0 aliphatic heterocycles. The second-order valence-corrected chi connectivity index (χ2v) is 8.07. The van der Waals surface area contributed by atoms with Crippen molar-refractivity contribution in [2.24, 2.45) is 0 Å². The fourth-order valence-corrected chi connectivity index (χ4v) is 3.34. The van der Waals surface area contributed by atoms with Crippen molar-refractivity contribution in [3.63, 3.8) is 0 Å². The molecule has 4 aromatic rings. The normalized spacial score (nSPS) is 11.9. The number of hydrogen-bond acceptors (Lipinski definition) is 7. The van der Waals surface area contributed by atoms with Crippen LogP contribution in [0, 0.1) is 6.92 Å². The third-order valence-electron chi connectivity index (χ3n) is 5.10. The van der Waals surface area contributed by atoms with E-state index in [2.05, 4.69) is 30.8 Å². The Morgan fingerprint density at radius 2 is 1.82 bits per heavy atom. The lowest BCUT2D eigenvalue weighted by molar-refractivity contribution is 0.196. The van der Waals surface area contributed by atoms with Crippen LogP contribution in [0.5, 0.6) is 5.75 Å². The van der Waals surface area contributed by atoms with E-state index >= 15 is 0 Å². The highest BCUT2D eigenvalue weighted by Crippen LogP contribution is 2.29. The number of aryl methyl sites for hydroxylation is 1. The topological polar surface area (TPSA) is 108 Å². The first kappa shape index (κ1) is 22.1. The smallest absolute Gasteiger partial charge is 0.410 e. The summed E-state index contributed by atoms with van der Waals surface area (Å²) in [7, 11) is 0. The van der Waals surface area contributed by atoms with Gasteiger partial charge in [-0.3, -0.25) is 9.97 Å². The van der Waals surface area contributed by atoms with Gasteiger partial charge < -0.3 is 10.1 Å². The number of ether oxygens (including phenoxy) is 1. The molecular weight excluding hydrogens is 418 g/mol. The predicted molar refractivity (Wildman–Crippen MR) is 123 cm³/mol. The van der Waals surface area contributed by atoms with E-state index in [1.165, 1.54) is 0 Å². The molecule has 0 saturated carbocycles. The van der Waals surface area contributed by atoms with Crippen LogP contribution in [0.25, 0.3) is 16.8 Å². The van der Waals surface area contributed by atoms with E-state index in [0.717, 1.165) is 16.7 Å². The highest BCUT2D eigenvalue weighted by molar-refractivity contribution is 5.74. The van der Waals surface area contributed by atoms with Gasteiger partial charge in [-0.25, -0.2) is 4.79 Å². The summed E-state index contributed by atoms with van der Waals surface area (Å²) in [6, 6.07) is 13.3. The molecule has 0 aliphatic rings. The number of nitrogens with one attached hydrogen (secondary N) is 1. The molecule has 1 N–H and O–H groups in total. The summed E-state index contributed by atoms with van der Waals surface area (Å²) >= 11 is 0. The van der Waals surface area contributed by atoms with Crippen LogP contribution in [0.15, 0.2) is 61.1 Å². The van der Waals surface area contributed by atoms with E-state index in [0.29, 0.717) is 23.0 Å². The van der Waals surface area contributed by atoms with Gasteiger partial charge in [-0.1, -0.05) is 43.7 Å². The molecule has 0 radical (unpaired) electrons. The van der Waals surface area contributed by atoms with Crippen molar-refractivity contribution in [1.29, 1.82) is 0 Å². The van der Waals surface area contributed by atoms with Gasteiger partial charge in [-0.15, -0.1) is 5.10 Å². The van der Waals surface area contributed by atoms with Gasteiger partial charge in [0.05, 0.1) is 23.6 Å². The third kappa shape index (κ3) is 5.20. The molecule has 1 atom stereocenters. The van der Waals surface area contributed by atoms with Crippen molar-refractivity contribution in [3.05, 3.63) is 78.1 Å². The van der Waals surface area contributed by atoms with Gasteiger partial charge in [0.15, 0.2) is 5.82 Å². The lowest BCUT2D eigenvalue weighted by Crippen LogP contribution is -2.30. The number of carbonyl (C=O) groups excluding carboxylic acids is 1. The molecule has 1 amide bonds. The molecule has 4 rings (SSSR count). The molecule has 33 heavy (non-hydrogen) atoms. The Morgan fingerprint density at radius 3 is 2.52 bits per heavy atom. The minimum atomic E-state index is -0.596. The molecule has 0 bridgehead atoms. The fraction of sp³-hybridized carbons (Fsp3) is 0.250. The molecule has 2 heterocycles. The van der Waals surface area contributed by atoms with Crippen LogP contribution in [-0.4, -0.2) is 36.3 Å². The highest BCUT2D eigenvalue weighted by atomic mass is 16.6. The molecule has 1 unspecified atom stereocenters. The van der Waals surface area contributed by atoms with Crippen LogP contribution in [-0.2, 0) is 0 Å². The number of hydrogen-bond donors (Lipinski definition) is 1. The van der Waals surface area contributed by atoms with Crippen LogP contribution in [0.3, 0.4) is 0 Å². The van der Waals surface area contributed by atoms with Gasteiger partial charge in [0.2, 0.25) is 0 Å². The molecule has 2 aromatic heterocycles. The number of benzene rings is 2. The molecule has 168 valence electrons. The summed E-state index contributed by atoms with van der Waals surface area (Å²) in [4.78, 5) is 20.9. The summed E-state index contributed by atoms with van der Waals surface area (Å²) in [5.41, 5.74) is 4.36. The average molecular weight is 444 g/mol. The van der Waals surface area contributed by atoms with Crippen LogP contribution in [0.2, 0.25) is 0 Å². The van der Waals surface area contributed by atoms with Gasteiger partial charge >= 0.3 is 6.09 Å². The van der Waals surface area contributed by atoms with E-state index in [4.69, 9.17) is 4.74 Å². The lowest BCUT2D eigenvalue weighted by Gasteiger charge is -2.15. The van der Waals surface area contributed by atoms with Crippen LogP contribution in [0.4, 0.5) is 4.79 Å². The monoisotopic (exact) mass is 443 g/mol. The van der Waals surface area contributed by atoms with Gasteiger partial charge in [0, 0.05) is 24.4 Å². The van der Waals surface area contributed by atoms with Gasteiger partial charge in [-0.05, 0) is 47.5 Å². The van der Waals surface area contributed by atoms with E-state index < -0.39 is 6.09 Å². The van der Waals surface area contributed by atoms with Gasteiger partial charge in [-0.2, -0.15) is 4.68 Å². The number of tetrazole rings is 1. The van der Waals surface area contributed by atoms with E-state index in [1.54, 1.807) is 29.3 Å². The largest absolute Gasteiger partial charge is 0.413 e. The Labute approximate surface area is 191 Å². The quantitative estimate of drug-likeness (QED) is 0.470. The van der Waals surface area contributed by atoms with Crippen LogP contribution in [0.1, 0.15) is 49.8 Å². The first-order chi connectivity index (χ1) is 15.9. The van der Waals surface area contributed by atoms with Gasteiger partial charge in [0.1, 0.15) is 5.75 Å². The Hall–Kier alpha value is -4.14. The van der Waals surface area contributed by atoms with E-state index in [-0.39, 0.29) is 12.0 Å². The summed E-state index contributed by atoms with van der Waals surface area (Å²) in [6.07, 6.45) is 4.17. The molecule has 0 fully saturated rings. The maximum atomic E-state index is 12.6. The van der Waals surface area contributed by atoms with Crippen LogP contribution < -0.4 is 10.1 Å². The number of aromatic nitrogens is 6. The Balaban J connectivity index is 1.66. The maximum Gasteiger partial charge on any atom is 0.413 e. The number of rotatable bonds is 6. The number of nitrogens with zero attached hydrogens (tertiary/aromatic N) is 6. The Morgan fingerprint density at radius 1 is 1.03 bits per heavy atom. The molecule has 2 aromatic carbocycles. The molecule has 9 heteroatoms. The second kappa shape index (κ2) is 9.56. The van der Waals surface area contributed by atoms with Crippen molar-refractivity contribution in [1.82, 2.24) is 35.5 Å². The van der Waals surface area contributed by atoms with E-state index in [1.807, 2.05) is 64.1 Å². The van der Waals surface area contributed by atoms with Gasteiger partial charge in [0.25, 0.3) is 0 Å². The summed E-state index contributed by atoms with van der Waals surface area (Å²) in [5.74, 6) is 1.20. The van der Waals surface area contributed by atoms with Crippen LogP contribution >= 0.6 is 0 Å². The Kier molecular flexibility index (Phi) is 6.39. The molecule has 0 saturated heterocycles. The average Bonchev–Trinajstić information content (AvgIpc) is 3.30. The third-order valence-corrected chi connectivity index (χ3v) is 5.10. The fourth-order valence-electron chi connectivity index (χ4n) is 3.34. The molecular formula is C24H25N7O2.